The number of hydrogen-bond donors (Lipinski definition) is 1. The highest BCUT2D eigenvalue weighted by Crippen LogP contribution is 2.54. The molecular formula is C16H21NO3. The zero-order valence-electron chi connectivity index (χ0n) is 11.7. The molecule has 4 rings (SSSR count). The number of phenolic OH excluding ortho intramolecular Hbond substituents is 1. The van der Waals surface area contributed by atoms with E-state index in [9.17, 15) is 5.11 Å². The van der Waals surface area contributed by atoms with Gasteiger partial charge in [0.2, 0.25) is 0 Å². The number of ether oxygens (including phenoxy) is 2. The molecule has 0 amide bonds. The summed E-state index contributed by atoms with van der Waals surface area (Å²) in [4.78, 5) is 2.47. The first kappa shape index (κ1) is 12.5. The molecule has 2 atom stereocenters. The largest absolute Gasteiger partial charge is 0.508 e. The Kier molecular flexibility index (Phi) is 2.89. The van der Waals surface area contributed by atoms with E-state index in [1.54, 1.807) is 6.07 Å². The van der Waals surface area contributed by atoms with Gasteiger partial charge in [0, 0.05) is 31.0 Å². The van der Waals surface area contributed by atoms with E-state index < -0.39 is 0 Å². The van der Waals surface area contributed by atoms with Gasteiger partial charge >= 0.3 is 0 Å². The number of fused-ring (bicyclic) bond motifs is 3. The topological polar surface area (TPSA) is 41.9 Å². The molecule has 0 radical (unpaired) electrons. The fourth-order valence-electron chi connectivity index (χ4n) is 4.12. The van der Waals surface area contributed by atoms with Crippen LogP contribution >= 0.6 is 0 Å². The maximum atomic E-state index is 9.79. The van der Waals surface area contributed by atoms with Crippen LogP contribution in [0.25, 0.3) is 0 Å². The van der Waals surface area contributed by atoms with Crippen LogP contribution < -0.4 is 4.74 Å². The van der Waals surface area contributed by atoms with Crippen LogP contribution in [0.15, 0.2) is 18.2 Å². The highest BCUT2D eigenvalue weighted by Gasteiger charge is 2.53. The summed E-state index contributed by atoms with van der Waals surface area (Å²) >= 11 is 0. The van der Waals surface area contributed by atoms with Crippen molar-refractivity contribution >= 4 is 0 Å². The molecule has 2 aliphatic heterocycles. The van der Waals surface area contributed by atoms with Gasteiger partial charge in [-0.05, 0) is 31.0 Å². The first-order chi connectivity index (χ1) is 9.79. The summed E-state index contributed by atoms with van der Waals surface area (Å²) in [6.07, 6.45) is 4.68. The number of benzene rings is 1. The molecular weight excluding hydrogens is 254 g/mol. The predicted molar refractivity (Wildman–Crippen MR) is 75.1 cm³/mol. The Morgan fingerprint density at radius 2 is 2.05 bits per heavy atom. The SMILES string of the molecule is Oc1ccc2c(c1)[C@H]1CCCC[C@]1(N1CCOCC1)O2. The van der Waals surface area contributed by atoms with E-state index >= 15 is 0 Å². The third-order valence-electron chi connectivity index (χ3n) is 5.02. The molecule has 4 heteroatoms. The Morgan fingerprint density at radius 3 is 2.90 bits per heavy atom. The molecule has 2 heterocycles. The monoisotopic (exact) mass is 275 g/mol. The second kappa shape index (κ2) is 4.64. The molecule has 1 aromatic rings. The first-order valence-corrected chi connectivity index (χ1v) is 7.64. The van der Waals surface area contributed by atoms with Crippen LogP contribution in [-0.2, 0) is 4.74 Å². The van der Waals surface area contributed by atoms with Gasteiger partial charge in [0.05, 0.1) is 13.2 Å². The number of aromatic hydroxyl groups is 1. The molecule has 4 nitrogen and oxygen atoms in total. The highest BCUT2D eigenvalue weighted by atomic mass is 16.5. The lowest BCUT2D eigenvalue weighted by Gasteiger charge is -2.47. The van der Waals surface area contributed by atoms with Gasteiger partial charge in [-0.1, -0.05) is 6.42 Å². The van der Waals surface area contributed by atoms with Crippen LogP contribution in [0.5, 0.6) is 11.5 Å². The molecule has 1 saturated carbocycles. The number of nitrogens with zero attached hydrogens (tertiary/aromatic N) is 1. The highest BCUT2D eigenvalue weighted by molar-refractivity contribution is 5.47. The number of hydrogen-bond acceptors (Lipinski definition) is 4. The maximum Gasteiger partial charge on any atom is 0.170 e. The third-order valence-corrected chi connectivity index (χ3v) is 5.02. The van der Waals surface area contributed by atoms with E-state index in [1.165, 1.54) is 18.4 Å². The lowest BCUT2D eigenvalue weighted by molar-refractivity contribution is -0.139. The number of morpholine rings is 1. The van der Waals surface area contributed by atoms with E-state index in [0.29, 0.717) is 11.7 Å². The minimum Gasteiger partial charge on any atom is -0.508 e. The smallest absolute Gasteiger partial charge is 0.170 e. The van der Waals surface area contributed by atoms with Crippen molar-refractivity contribution in [2.24, 2.45) is 0 Å². The molecule has 0 bridgehead atoms. The summed E-state index contributed by atoms with van der Waals surface area (Å²) in [5, 5.41) is 9.79. The van der Waals surface area contributed by atoms with Crippen LogP contribution in [0.2, 0.25) is 0 Å². The second-order valence-corrected chi connectivity index (χ2v) is 6.07. The van der Waals surface area contributed by atoms with Crippen LogP contribution in [0, 0.1) is 0 Å². The Bertz CT molecular complexity index is 512. The van der Waals surface area contributed by atoms with Gasteiger partial charge in [0.15, 0.2) is 5.72 Å². The Balaban J connectivity index is 1.74. The molecule has 1 aromatic carbocycles. The fourth-order valence-corrected chi connectivity index (χ4v) is 4.12. The van der Waals surface area contributed by atoms with Gasteiger partial charge < -0.3 is 14.6 Å². The van der Waals surface area contributed by atoms with E-state index in [-0.39, 0.29) is 5.72 Å². The average molecular weight is 275 g/mol. The van der Waals surface area contributed by atoms with Crippen LogP contribution in [0.1, 0.15) is 37.2 Å². The average Bonchev–Trinajstić information content (AvgIpc) is 2.83. The van der Waals surface area contributed by atoms with Crippen molar-refractivity contribution in [3.8, 4) is 11.5 Å². The van der Waals surface area contributed by atoms with Crippen molar-refractivity contribution < 1.29 is 14.6 Å². The van der Waals surface area contributed by atoms with Crippen molar-refractivity contribution in [2.75, 3.05) is 26.3 Å². The predicted octanol–water partition coefficient (Wildman–Crippen LogP) is 2.47. The molecule has 1 saturated heterocycles. The fraction of sp³-hybridized carbons (Fsp3) is 0.625. The van der Waals surface area contributed by atoms with Gasteiger partial charge in [0.1, 0.15) is 11.5 Å². The molecule has 0 unspecified atom stereocenters. The second-order valence-electron chi connectivity index (χ2n) is 6.07. The van der Waals surface area contributed by atoms with Crippen molar-refractivity contribution in [1.29, 1.82) is 0 Å². The summed E-state index contributed by atoms with van der Waals surface area (Å²) in [7, 11) is 0. The Morgan fingerprint density at radius 1 is 1.20 bits per heavy atom. The van der Waals surface area contributed by atoms with Gasteiger partial charge in [-0.2, -0.15) is 0 Å². The minimum absolute atomic E-state index is 0.196. The lowest BCUT2D eigenvalue weighted by Crippen LogP contribution is -2.59. The molecule has 0 aromatic heterocycles. The van der Waals surface area contributed by atoms with Crippen LogP contribution in [0.4, 0.5) is 0 Å². The van der Waals surface area contributed by atoms with Gasteiger partial charge in [-0.3, -0.25) is 4.90 Å². The Hall–Kier alpha value is -1.26. The van der Waals surface area contributed by atoms with Gasteiger partial charge in [0.25, 0.3) is 0 Å². The molecule has 3 aliphatic rings. The van der Waals surface area contributed by atoms with Gasteiger partial charge in [-0.25, -0.2) is 0 Å². The van der Waals surface area contributed by atoms with E-state index in [4.69, 9.17) is 9.47 Å². The lowest BCUT2D eigenvalue weighted by atomic mass is 9.77. The van der Waals surface area contributed by atoms with E-state index in [0.717, 1.165) is 44.9 Å². The van der Waals surface area contributed by atoms with E-state index in [1.807, 2.05) is 12.1 Å². The first-order valence-electron chi connectivity index (χ1n) is 7.64. The van der Waals surface area contributed by atoms with Crippen LogP contribution in [-0.4, -0.2) is 42.0 Å². The van der Waals surface area contributed by atoms with Gasteiger partial charge in [-0.15, -0.1) is 0 Å². The summed E-state index contributed by atoms with van der Waals surface area (Å²) in [5.41, 5.74) is 0.995. The Labute approximate surface area is 119 Å². The molecule has 1 N–H and O–H groups in total. The summed E-state index contributed by atoms with van der Waals surface area (Å²) in [6.45, 7) is 3.46. The van der Waals surface area contributed by atoms with Crippen molar-refractivity contribution in [1.82, 2.24) is 4.90 Å². The molecule has 20 heavy (non-hydrogen) atoms. The normalized spacial score (nSPS) is 33.3. The summed E-state index contributed by atoms with van der Waals surface area (Å²) in [6, 6.07) is 5.54. The van der Waals surface area contributed by atoms with E-state index in [2.05, 4.69) is 4.90 Å². The van der Waals surface area contributed by atoms with Crippen molar-refractivity contribution in [3.05, 3.63) is 23.8 Å². The molecule has 108 valence electrons. The van der Waals surface area contributed by atoms with Crippen molar-refractivity contribution in [2.45, 2.75) is 37.3 Å². The van der Waals surface area contributed by atoms with Crippen LogP contribution in [0.3, 0.4) is 0 Å². The number of phenols is 1. The molecule has 2 fully saturated rings. The third kappa shape index (κ3) is 1.75. The maximum absolute atomic E-state index is 9.79. The quantitative estimate of drug-likeness (QED) is 0.855. The molecule has 0 spiro atoms. The summed E-state index contributed by atoms with van der Waals surface area (Å²) < 4.78 is 11.9. The zero-order chi connectivity index (χ0) is 13.6. The standard InChI is InChI=1S/C16H21NO3/c18-12-4-5-15-13(11-12)14-3-1-2-6-16(14,20-15)17-7-9-19-10-8-17/h4-5,11,14,18H,1-3,6-10H2/t14-,16+/m1/s1. The zero-order valence-corrected chi connectivity index (χ0v) is 11.7. The van der Waals surface area contributed by atoms with Crippen molar-refractivity contribution in [3.63, 3.8) is 0 Å². The molecule has 1 aliphatic carbocycles. The summed E-state index contributed by atoms with van der Waals surface area (Å²) in [5.74, 6) is 1.69. The minimum atomic E-state index is -0.196. The number of rotatable bonds is 1.